The molecule has 1 aliphatic rings. The largest absolute Gasteiger partial charge is 0.358 e. The van der Waals surface area contributed by atoms with E-state index in [0.717, 1.165) is 31.0 Å². The zero-order valence-corrected chi connectivity index (χ0v) is 11.2. The lowest BCUT2D eigenvalue weighted by atomic mass is 10.1. The first-order chi connectivity index (χ1) is 8.26. The zero-order chi connectivity index (χ0) is 12.3. The molecule has 3 nitrogen and oxygen atoms in total. The lowest BCUT2D eigenvalue weighted by Crippen LogP contribution is -2.23. The Morgan fingerprint density at radius 3 is 3.06 bits per heavy atom. The fourth-order valence-corrected chi connectivity index (χ4v) is 2.62. The van der Waals surface area contributed by atoms with Crippen LogP contribution in [0.25, 0.3) is 0 Å². The van der Waals surface area contributed by atoms with Crippen LogP contribution < -0.4 is 4.90 Å². The molecule has 0 radical (unpaired) electrons. The molecule has 1 aromatic rings. The van der Waals surface area contributed by atoms with Crippen molar-refractivity contribution < 1.29 is 0 Å². The van der Waals surface area contributed by atoms with Crippen LogP contribution in [0, 0.1) is 11.3 Å². The van der Waals surface area contributed by atoms with E-state index in [1.54, 1.807) is 0 Å². The van der Waals surface area contributed by atoms with Gasteiger partial charge < -0.3 is 4.90 Å². The van der Waals surface area contributed by atoms with Gasteiger partial charge in [0.1, 0.15) is 11.9 Å². The molecule has 4 heteroatoms. The first-order valence-corrected chi connectivity index (χ1v) is 7.28. The van der Waals surface area contributed by atoms with Gasteiger partial charge in [-0.1, -0.05) is 0 Å². The topological polar surface area (TPSA) is 39.9 Å². The fraction of sp³-hybridized carbons (Fsp3) is 0.538. The van der Waals surface area contributed by atoms with Gasteiger partial charge in [0.05, 0.1) is 5.56 Å². The standard InChI is InChI=1S/C13H17N3S/c1-16(6-7-17-2)13-11(9-14)8-10-4-3-5-12(10)15-13/h8H,3-7H2,1-2H3. The second-order valence-electron chi connectivity index (χ2n) is 4.35. The lowest BCUT2D eigenvalue weighted by Gasteiger charge is -2.19. The summed E-state index contributed by atoms with van der Waals surface area (Å²) in [7, 11) is 2.01. The van der Waals surface area contributed by atoms with Crippen LogP contribution in [0.2, 0.25) is 0 Å². The van der Waals surface area contributed by atoms with Crippen LogP contribution in [0.5, 0.6) is 0 Å². The Balaban J connectivity index is 2.29. The molecule has 0 aliphatic heterocycles. The summed E-state index contributed by atoms with van der Waals surface area (Å²) in [5, 5.41) is 9.20. The third-order valence-electron chi connectivity index (χ3n) is 3.14. The first kappa shape index (κ1) is 12.3. The fourth-order valence-electron chi connectivity index (χ4n) is 2.17. The Bertz CT molecular complexity index is 451. The molecule has 1 heterocycles. The molecule has 90 valence electrons. The molecular formula is C13H17N3S. The molecular weight excluding hydrogens is 230 g/mol. The molecule has 17 heavy (non-hydrogen) atoms. The summed E-state index contributed by atoms with van der Waals surface area (Å²) in [6.45, 7) is 0.932. The maximum atomic E-state index is 9.20. The Morgan fingerprint density at radius 2 is 2.35 bits per heavy atom. The summed E-state index contributed by atoms with van der Waals surface area (Å²) in [6.07, 6.45) is 5.40. The van der Waals surface area contributed by atoms with Gasteiger partial charge in [0.15, 0.2) is 0 Å². The summed E-state index contributed by atoms with van der Waals surface area (Å²) in [5.41, 5.74) is 3.17. The highest BCUT2D eigenvalue weighted by Gasteiger charge is 2.18. The maximum absolute atomic E-state index is 9.20. The minimum Gasteiger partial charge on any atom is -0.358 e. The molecule has 0 fully saturated rings. The average molecular weight is 247 g/mol. The van der Waals surface area contributed by atoms with Crippen LogP contribution in [0.4, 0.5) is 5.82 Å². The molecule has 0 saturated heterocycles. The van der Waals surface area contributed by atoms with Gasteiger partial charge in [-0.2, -0.15) is 17.0 Å². The molecule has 0 spiro atoms. The average Bonchev–Trinajstić information content (AvgIpc) is 2.81. The number of rotatable bonds is 4. The number of fused-ring (bicyclic) bond motifs is 1. The molecule has 0 N–H and O–H groups in total. The Morgan fingerprint density at radius 1 is 1.53 bits per heavy atom. The second kappa shape index (κ2) is 5.42. The quantitative estimate of drug-likeness (QED) is 0.818. The third-order valence-corrected chi connectivity index (χ3v) is 3.73. The minimum atomic E-state index is 0.717. The van der Waals surface area contributed by atoms with Crippen LogP contribution in [0.1, 0.15) is 23.2 Å². The van der Waals surface area contributed by atoms with Crippen molar-refractivity contribution in [3.63, 3.8) is 0 Å². The van der Waals surface area contributed by atoms with Crippen molar-refractivity contribution in [2.24, 2.45) is 0 Å². The van der Waals surface area contributed by atoms with Gasteiger partial charge in [0, 0.05) is 25.0 Å². The van der Waals surface area contributed by atoms with Crippen LogP contribution in [0.15, 0.2) is 6.07 Å². The van der Waals surface area contributed by atoms with E-state index in [2.05, 4.69) is 22.2 Å². The van der Waals surface area contributed by atoms with Crippen molar-refractivity contribution in [2.45, 2.75) is 19.3 Å². The molecule has 0 unspecified atom stereocenters. The van der Waals surface area contributed by atoms with Gasteiger partial charge in [-0.3, -0.25) is 0 Å². The monoisotopic (exact) mass is 247 g/mol. The van der Waals surface area contributed by atoms with Gasteiger partial charge >= 0.3 is 0 Å². The van der Waals surface area contributed by atoms with E-state index < -0.39 is 0 Å². The van der Waals surface area contributed by atoms with Crippen LogP contribution in [0.3, 0.4) is 0 Å². The Hall–Kier alpha value is -1.21. The third kappa shape index (κ3) is 2.55. The smallest absolute Gasteiger partial charge is 0.146 e. The molecule has 0 amide bonds. The highest BCUT2D eigenvalue weighted by atomic mass is 32.2. The molecule has 0 aromatic carbocycles. The van der Waals surface area contributed by atoms with Crippen molar-refractivity contribution in [1.29, 1.82) is 5.26 Å². The lowest BCUT2D eigenvalue weighted by molar-refractivity contribution is 0.889. The second-order valence-corrected chi connectivity index (χ2v) is 5.33. The van der Waals surface area contributed by atoms with Gasteiger partial charge in [-0.05, 0) is 37.1 Å². The molecule has 1 aliphatic carbocycles. The van der Waals surface area contributed by atoms with Gasteiger partial charge in [0.2, 0.25) is 0 Å². The number of anilines is 1. The van der Waals surface area contributed by atoms with E-state index >= 15 is 0 Å². The highest BCUT2D eigenvalue weighted by molar-refractivity contribution is 7.98. The summed E-state index contributed by atoms with van der Waals surface area (Å²) in [4.78, 5) is 6.76. The molecule has 0 bridgehead atoms. The SMILES string of the molecule is CSCCN(C)c1nc2c(cc1C#N)CCC2. The predicted molar refractivity (Wildman–Crippen MR) is 72.6 cm³/mol. The number of hydrogen-bond acceptors (Lipinski definition) is 4. The molecule has 0 saturated carbocycles. The van der Waals surface area contributed by atoms with Crippen molar-refractivity contribution in [1.82, 2.24) is 4.98 Å². The maximum Gasteiger partial charge on any atom is 0.146 e. The number of pyridine rings is 1. The molecule has 0 atom stereocenters. The number of hydrogen-bond donors (Lipinski definition) is 0. The molecule has 2 rings (SSSR count). The number of thioether (sulfide) groups is 1. The highest BCUT2D eigenvalue weighted by Crippen LogP contribution is 2.26. The van der Waals surface area contributed by atoms with E-state index in [-0.39, 0.29) is 0 Å². The number of nitriles is 1. The number of nitrogens with zero attached hydrogens (tertiary/aromatic N) is 3. The van der Waals surface area contributed by atoms with E-state index in [1.807, 2.05) is 24.9 Å². The van der Waals surface area contributed by atoms with Crippen molar-refractivity contribution in [3.05, 3.63) is 22.9 Å². The summed E-state index contributed by atoms with van der Waals surface area (Å²) in [6, 6.07) is 4.30. The summed E-state index contributed by atoms with van der Waals surface area (Å²) >= 11 is 1.81. The van der Waals surface area contributed by atoms with E-state index in [0.29, 0.717) is 5.56 Å². The Kier molecular flexibility index (Phi) is 3.90. The van der Waals surface area contributed by atoms with Crippen LogP contribution in [-0.2, 0) is 12.8 Å². The van der Waals surface area contributed by atoms with Gasteiger partial charge in [-0.25, -0.2) is 4.98 Å². The van der Waals surface area contributed by atoms with Crippen LogP contribution in [-0.4, -0.2) is 30.6 Å². The normalized spacial score (nSPS) is 13.2. The van der Waals surface area contributed by atoms with Gasteiger partial charge in [0.25, 0.3) is 0 Å². The molecule has 1 aromatic heterocycles. The minimum absolute atomic E-state index is 0.717. The van der Waals surface area contributed by atoms with Crippen LogP contribution >= 0.6 is 11.8 Å². The van der Waals surface area contributed by atoms with Crippen molar-refractivity contribution in [3.8, 4) is 6.07 Å². The van der Waals surface area contributed by atoms with E-state index in [1.165, 1.54) is 17.7 Å². The zero-order valence-electron chi connectivity index (χ0n) is 10.4. The van der Waals surface area contributed by atoms with Crippen molar-refractivity contribution >= 4 is 17.6 Å². The Labute approximate surface area is 107 Å². The summed E-state index contributed by atoms with van der Waals surface area (Å²) < 4.78 is 0. The predicted octanol–water partition coefficient (Wildman–Crippen LogP) is 2.24. The van der Waals surface area contributed by atoms with E-state index in [9.17, 15) is 5.26 Å². The van der Waals surface area contributed by atoms with Crippen molar-refractivity contribution in [2.75, 3.05) is 30.5 Å². The summed E-state index contributed by atoms with van der Waals surface area (Å²) in [5.74, 6) is 1.90. The van der Waals surface area contributed by atoms with Gasteiger partial charge in [-0.15, -0.1) is 0 Å². The first-order valence-electron chi connectivity index (χ1n) is 5.89. The van der Waals surface area contributed by atoms with E-state index in [4.69, 9.17) is 0 Å². The number of aryl methyl sites for hydroxylation is 2. The number of aromatic nitrogens is 1.